The molecule has 0 aromatic heterocycles. The van der Waals surface area contributed by atoms with Crippen molar-refractivity contribution in [3.8, 4) is 0 Å². The first-order valence-electron chi connectivity index (χ1n) is 7.57. The van der Waals surface area contributed by atoms with Crippen LogP contribution >= 0.6 is 0 Å². The molecular weight excluding hydrogens is 312 g/mol. The van der Waals surface area contributed by atoms with Gasteiger partial charge in [0.1, 0.15) is 24.8 Å². The average molecular weight is 336 g/mol. The summed E-state index contributed by atoms with van der Waals surface area (Å²) >= 11 is 0. The van der Waals surface area contributed by atoms with Gasteiger partial charge in [0, 0.05) is 12.8 Å². The van der Waals surface area contributed by atoms with E-state index >= 15 is 0 Å². The van der Waals surface area contributed by atoms with Crippen LogP contribution in [0.2, 0.25) is 0 Å². The minimum atomic E-state index is -0.494. The highest BCUT2D eigenvalue weighted by Crippen LogP contribution is 2.10. The molecule has 0 aliphatic heterocycles. The number of carbonyl (C=O) groups excluding carboxylic acids is 4. The standard InChI is InChI=1S/C18H24O6/c1-5-15(11-23-17(21)9-7-13(3)19)16(6-2)12-24-18(22)10-8-14(4)20/h5-6H,1-2,7-12H2,3-4H3/b16-15-. The lowest BCUT2D eigenvalue weighted by Gasteiger charge is -2.11. The van der Waals surface area contributed by atoms with E-state index in [1.54, 1.807) is 0 Å². The number of esters is 2. The van der Waals surface area contributed by atoms with Crippen molar-refractivity contribution < 1.29 is 28.7 Å². The number of hydrogen-bond donors (Lipinski definition) is 0. The van der Waals surface area contributed by atoms with E-state index in [1.165, 1.54) is 26.0 Å². The molecule has 0 amide bonds. The Hall–Kier alpha value is -2.50. The molecule has 0 aromatic carbocycles. The van der Waals surface area contributed by atoms with Gasteiger partial charge in [-0.15, -0.1) is 0 Å². The summed E-state index contributed by atoms with van der Waals surface area (Å²) in [7, 11) is 0. The van der Waals surface area contributed by atoms with Crippen LogP contribution in [0.4, 0.5) is 0 Å². The highest BCUT2D eigenvalue weighted by atomic mass is 16.5. The zero-order chi connectivity index (χ0) is 18.5. The molecule has 0 heterocycles. The van der Waals surface area contributed by atoms with E-state index in [0.717, 1.165) is 0 Å². The molecule has 0 saturated carbocycles. The molecule has 0 rings (SSSR count). The third kappa shape index (κ3) is 10.3. The molecule has 0 unspecified atom stereocenters. The monoisotopic (exact) mass is 336 g/mol. The van der Waals surface area contributed by atoms with E-state index < -0.39 is 11.9 Å². The molecule has 0 fully saturated rings. The molecule has 0 aliphatic rings. The lowest BCUT2D eigenvalue weighted by atomic mass is 10.1. The van der Waals surface area contributed by atoms with Gasteiger partial charge in [0.2, 0.25) is 0 Å². The average Bonchev–Trinajstić information content (AvgIpc) is 2.53. The number of hydrogen-bond acceptors (Lipinski definition) is 6. The van der Waals surface area contributed by atoms with Crippen molar-refractivity contribution in [2.45, 2.75) is 39.5 Å². The maximum atomic E-state index is 11.5. The van der Waals surface area contributed by atoms with E-state index in [9.17, 15) is 19.2 Å². The summed E-state index contributed by atoms with van der Waals surface area (Å²) in [5.74, 6) is -1.16. The summed E-state index contributed by atoms with van der Waals surface area (Å²) in [5.41, 5.74) is 1.11. The number of rotatable bonds is 12. The number of ketones is 2. The summed E-state index contributed by atoms with van der Waals surface area (Å²) in [6.45, 7) is 9.97. The van der Waals surface area contributed by atoms with Crippen LogP contribution in [0.25, 0.3) is 0 Å². The molecule has 0 saturated heterocycles. The third-order valence-corrected chi connectivity index (χ3v) is 3.04. The molecule has 6 heteroatoms. The fraction of sp³-hybridized carbons (Fsp3) is 0.444. The Morgan fingerprint density at radius 3 is 1.29 bits per heavy atom. The molecular formula is C18H24O6. The smallest absolute Gasteiger partial charge is 0.306 e. The molecule has 0 aromatic rings. The quantitative estimate of drug-likeness (QED) is 0.402. The van der Waals surface area contributed by atoms with Crippen molar-refractivity contribution in [1.29, 1.82) is 0 Å². The molecule has 0 aliphatic carbocycles. The van der Waals surface area contributed by atoms with Gasteiger partial charge in [-0.05, 0) is 25.0 Å². The summed E-state index contributed by atoms with van der Waals surface area (Å²) < 4.78 is 10.1. The fourth-order valence-electron chi connectivity index (χ4n) is 1.58. The first-order chi connectivity index (χ1) is 11.3. The van der Waals surface area contributed by atoms with E-state index in [2.05, 4.69) is 13.2 Å². The predicted octanol–water partition coefficient (Wildman–Crippen LogP) is 2.48. The summed E-state index contributed by atoms with van der Waals surface area (Å²) in [6, 6.07) is 0. The molecule has 0 N–H and O–H groups in total. The van der Waals surface area contributed by atoms with Gasteiger partial charge >= 0.3 is 11.9 Å². The first-order valence-corrected chi connectivity index (χ1v) is 7.57. The Kier molecular flexibility index (Phi) is 10.7. The Balaban J connectivity index is 4.56. The van der Waals surface area contributed by atoms with Crippen molar-refractivity contribution in [2.75, 3.05) is 13.2 Å². The normalized spacial score (nSPS) is 11.1. The fourth-order valence-corrected chi connectivity index (χ4v) is 1.58. The van der Waals surface area contributed by atoms with Gasteiger partial charge in [0.05, 0.1) is 12.8 Å². The molecule has 0 spiro atoms. The van der Waals surface area contributed by atoms with Crippen LogP contribution in [0.15, 0.2) is 36.5 Å². The lowest BCUT2D eigenvalue weighted by molar-refractivity contribution is -0.144. The molecule has 0 atom stereocenters. The summed E-state index contributed by atoms with van der Waals surface area (Å²) in [4.78, 5) is 44.7. The molecule has 6 nitrogen and oxygen atoms in total. The minimum Gasteiger partial charge on any atom is -0.461 e. The third-order valence-electron chi connectivity index (χ3n) is 3.04. The van der Waals surface area contributed by atoms with Crippen molar-refractivity contribution in [1.82, 2.24) is 0 Å². The molecule has 132 valence electrons. The van der Waals surface area contributed by atoms with Crippen LogP contribution in [-0.2, 0) is 28.7 Å². The Bertz CT molecular complexity index is 494. The maximum Gasteiger partial charge on any atom is 0.306 e. The van der Waals surface area contributed by atoms with Crippen LogP contribution in [0.1, 0.15) is 39.5 Å². The topological polar surface area (TPSA) is 86.7 Å². The Morgan fingerprint density at radius 1 is 0.708 bits per heavy atom. The second-order valence-electron chi connectivity index (χ2n) is 5.18. The van der Waals surface area contributed by atoms with Crippen molar-refractivity contribution in [3.63, 3.8) is 0 Å². The first kappa shape index (κ1) is 21.5. The van der Waals surface area contributed by atoms with E-state index in [0.29, 0.717) is 11.1 Å². The molecule has 24 heavy (non-hydrogen) atoms. The Labute approximate surface area is 142 Å². The number of Topliss-reactive ketones (excluding diaryl/α,β-unsaturated/α-hetero) is 2. The highest BCUT2D eigenvalue weighted by Gasteiger charge is 2.10. The Morgan fingerprint density at radius 2 is 1.04 bits per heavy atom. The number of carbonyl (C=O) groups is 4. The van der Waals surface area contributed by atoms with Crippen LogP contribution in [-0.4, -0.2) is 36.7 Å². The van der Waals surface area contributed by atoms with Crippen molar-refractivity contribution in [3.05, 3.63) is 36.5 Å². The maximum absolute atomic E-state index is 11.5. The van der Waals surface area contributed by atoms with Crippen LogP contribution < -0.4 is 0 Å². The predicted molar refractivity (Wildman–Crippen MR) is 89.2 cm³/mol. The minimum absolute atomic E-state index is 0.0171. The van der Waals surface area contributed by atoms with Gasteiger partial charge in [-0.2, -0.15) is 0 Å². The van der Waals surface area contributed by atoms with Crippen molar-refractivity contribution in [2.24, 2.45) is 0 Å². The van der Waals surface area contributed by atoms with Gasteiger partial charge < -0.3 is 19.1 Å². The van der Waals surface area contributed by atoms with Crippen LogP contribution in [0, 0.1) is 0 Å². The number of ether oxygens (including phenoxy) is 2. The highest BCUT2D eigenvalue weighted by molar-refractivity contribution is 5.81. The van der Waals surface area contributed by atoms with Crippen molar-refractivity contribution >= 4 is 23.5 Å². The zero-order valence-electron chi connectivity index (χ0n) is 14.3. The largest absolute Gasteiger partial charge is 0.461 e. The summed E-state index contributed by atoms with van der Waals surface area (Å²) in [6.07, 6.45) is 3.27. The lowest BCUT2D eigenvalue weighted by Crippen LogP contribution is -2.12. The van der Waals surface area contributed by atoms with Crippen LogP contribution in [0.5, 0.6) is 0 Å². The van der Waals surface area contributed by atoms with E-state index in [1.807, 2.05) is 0 Å². The van der Waals surface area contributed by atoms with E-state index in [-0.39, 0.29) is 50.5 Å². The SMILES string of the molecule is C=C/C(COC(=O)CCC(C)=O)=C(\C=C)COC(=O)CCC(C)=O. The zero-order valence-corrected chi connectivity index (χ0v) is 14.3. The summed E-state index contributed by atoms with van der Waals surface area (Å²) in [5, 5.41) is 0. The molecule has 0 bridgehead atoms. The second kappa shape index (κ2) is 12.0. The van der Waals surface area contributed by atoms with Gasteiger partial charge in [-0.25, -0.2) is 0 Å². The van der Waals surface area contributed by atoms with E-state index in [4.69, 9.17) is 9.47 Å². The van der Waals surface area contributed by atoms with Gasteiger partial charge in [-0.3, -0.25) is 9.59 Å². The van der Waals surface area contributed by atoms with Gasteiger partial charge in [0.25, 0.3) is 0 Å². The van der Waals surface area contributed by atoms with Gasteiger partial charge in [-0.1, -0.05) is 25.3 Å². The van der Waals surface area contributed by atoms with Gasteiger partial charge in [0.15, 0.2) is 0 Å². The van der Waals surface area contributed by atoms with Crippen LogP contribution in [0.3, 0.4) is 0 Å². The second-order valence-corrected chi connectivity index (χ2v) is 5.18. The molecule has 0 radical (unpaired) electrons.